The molecule has 0 aliphatic carbocycles. The number of aromatic nitrogens is 3. The standard InChI is InChI=1S/C15H13N3S/c1-11-13(10-14-16-8-5-9-17-14)19-15(18-11)12-6-3-2-4-7-12/h2-9H,10H2,1H3. The zero-order valence-corrected chi connectivity index (χ0v) is 11.4. The van der Waals surface area contributed by atoms with Crippen molar-refractivity contribution in [2.24, 2.45) is 0 Å². The van der Waals surface area contributed by atoms with Gasteiger partial charge in [0, 0.05) is 29.3 Å². The molecule has 0 radical (unpaired) electrons. The second-order valence-electron chi connectivity index (χ2n) is 4.24. The van der Waals surface area contributed by atoms with Crippen LogP contribution in [0.1, 0.15) is 16.4 Å². The minimum atomic E-state index is 0.747. The SMILES string of the molecule is Cc1nc(-c2ccccc2)sc1Cc1ncccn1. The second kappa shape index (κ2) is 5.28. The summed E-state index contributed by atoms with van der Waals surface area (Å²) in [5.41, 5.74) is 2.23. The van der Waals surface area contributed by atoms with Crippen LogP contribution < -0.4 is 0 Å². The Balaban J connectivity index is 1.90. The number of rotatable bonds is 3. The van der Waals surface area contributed by atoms with Crippen molar-refractivity contribution in [3.63, 3.8) is 0 Å². The van der Waals surface area contributed by atoms with Gasteiger partial charge in [0.2, 0.25) is 0 Å². The zero-order chi connectivity index (χ0) is 13.1. The second-order valence-corrected chi connectivity index (χ2v) is 5.32. The molecule has 4 heteroatoms. The van der Waals surface area contributed by atoms with Crippen molar-refractivity contribution in [2.75, 3.05) is 0 Å². The lowest BCUT2D eigenvalue weighted by atomic mass is 10.2. The van der Waals surface area contributed by atoms with Gasteiger partial charge in [-0.05, 0) is 13.0 Å². The summed E-state index contributed by atoms with van der Waals surface area (Å²) in [6, 6.07) is 12.1. The van der Waals surface area contributed by atoms with Gasteiger partial charge in [-0.25, -0.2) is 15.0 Å². The van der Waals surface area contributed by atoms with E-state index in [0.717, 1.165) is 28.5 Å². The molecule has 3 nitrogen and oxygen atoms in total. The molecule has 0 saturated carbocycles. The van der Waals surface area contributed by atoms with Crippen LogP contribution in [-0.4, -0.2) is 15.0 Å². The summed E-state index contributed by atoms with van der Waals surface area (Å²) >= 11 is 1.72. The normalized spacial score (nSPS) is 10.6. The van der Waals surface area contributed by atoms with E-state index in [9.17, 15) is 0 Å². The average molecular weight is 267 g/mol. The highest BCUT2D eigenvalue weighted by atomic mass is 32.1. The maximum Gasteiger partial charge on any atom is 0.133 e. The lowest BCUT2D eigenvalue weighted by Crippen LogP contribution is -1.94. The number of benzene rings is 1. The van der Waals surface area contributed by atoms with E-state index < -0.39 is 0 Å². The quantitative estimate of drug-likeness (QED) is 0.729. The maximum absolute atomic E-state index is 4.64. The summed E-state index contributed by atoms with van der Waals surface area (Å²) in [7, 11) is 0. The van der Waals surface area contributed by atoms with E-state index in [1.165, 1.54) is 4.88 Å². The van der Waals surface area contributed by atoms with Crippen molar-refractivity contribution in [1.82, 2.24) is 15.0 Å². The third kappa shape index (κ3) is 2.69. The average Bonchev–Trinajstić information content (AvgIpc) is 2.82. The Morgan fingerprint density at radius 3 is 2.47 bits per heavy atom. The Morgan fingerprint density at radius 2 is 1.74 bits per heavy atom. The highest BCUT2D eigenvalue weighted by Gasteiger charge is 2.10. The molecule has 0 bridgehead atoms. The molecule has 0 aliphatic heterocycles. The highest BCUT2D eigenvalue weighted by molar-refractivity contribution is 7.15. The maximum atomic E-state index is 4.64. The summed E-state index contributed by atoms with van der Waals surface area (Å²) in [4.78, 5) is 14.4. The number of nitrogens with zero attached hydrogens (tertiary/aromatic N) is 3. The third-order valence-electron chi connectivity index (χ3n) is 2.85. The predicted molar refractivity (Wildman–Crippen MR) is 77.1 cm³/mol. The van der Waals surface area contributed by atoms with Crippen LogP contribution in [0.25, 0.3) is 10.6 Å². The largest absolute Gasteiger partial charge is 0.241 e. The van der Waals surface area contributed by atoms with Gasteiger partial charge in [-0.2, -0.15) is 0 Å². The molecule has 2 heterocycles. The van der Waals surface area contributed by atoms with Crippen molar-refractivity contribution in [3.8, 4) is 10.6 Å². The van der Waals surface area contributed by atoms with E-state index in [1.54, 1.807) is 23.7 Å². The van der Waals surface area contributed by atoms with E-state index in [0.29, 0.717) is 0 Å². The molecule has 3 aromatic rings. The Morgan fingerprint density at radius 1 is 1.00 bits per heavy atom. The third-order valence-corrected chi connectivity index (χ3v) is 4.06. The van der Waals surface area contributed by atoms with Crippen LogP contribution >= 0.6 is 11.3 Å². The first-order chi connectivity index (χ1) is 9.33. The van der Waals surface area contributed by atoms with Crippen LogP contribution in [0.3, 0.4) is 0 Å². The van der Waals surface area contributed by atoms with Gasteiger partial charge in [0.25, 0.3) is 0 Å². The Bertz CT molecular complexity index is 662. The summed E-state index contributed by atoms with van der Waals surface area (Å²) < 4.78 is 0. The number of aryl methyl sites for hydroxylation is 1. The van der Waals surface area contributed by atoms with E-state index in [-0.39, 0.29) is 0 Å². The van der Waals surface area contributed by atoms with Gasteiger partial charge >= 0.3 is 0 Å². The van der Waals surface area contributed by atoms with Gasteiger partial charge < -0.3 is 0 Å². The lowest BCUT2D eigenvalue weighted by Gasteiger charge is -1.96. The fourth-order valence-electron chi connectivity index (χ4n) is 1.86. The first kappa shape index (κ1) is 12.0. The lowest BCUT2D eigenvalue weighted by molar-refractivity contribution is 0.969. The van der Waals surface area contributed by atoms with Gasteiger partial charge in [0.15, 0.2) is 0 Å². The molecule has 3 rings (SSSR count). The minimum Gasteiger partial charge on any atom is -0.241 e. The molecule has 2 aromatic heterocycles. The van der Waals surface area contributed by atoms with Crippen LogP contribution in [0.4, 0.5) is 0 Å². The first-order valence-corrected chi connectivity index (χ1v) is 6.92. The first-order valence-electron chi connectivity index (χ1n) is 6.10. The smallest absolute Gasteiger partial charge is 0.133 e. The fourth-order valence-corrected chi connectivity index (χ4v) is 2.93. The van der Waals surface area contributed by atoms with E-state index in [4.69, 9.17) is 0 Å². The summed E-state index contributed by atoms with van der Waals surface area (Å²) in [5.74, 6) is 0.842. The Hall–Kier alpha value is -2.07. The molecule has 0 aliphatic rings. The molecule has 19 heavy (non-hydrogen) atoms. The van der Waals surface area contributed by atoms with Crippen LogP contribution in [0.2, 0.25) is 0 Å². The molecule has 0 spiro atoms. The van der Waals surface area contributed by atoms with Crippen molar-refractivity contribution >= 4 is 11.3 Å². The molecule has 0 unspecified atom stereocenters. The van der Waals surface area contributed by atoms with Crippen molar-refractivity contribution in [1.29, 1.82) is 0 Å². The van der Waals surface area contributed by atoms with Crippen LogP contribution in [0.15, 0.2) is 48.8 Å². The summed E-state index contributed by atoms with van der Waals surface area (Å²) in [6.45, 7) is 2.04. The molecule has 0 atom stereocenters. The van der Waals surface area contributed by atoms with Crippen molar-refractivity contribution < 1.29 is 0 Å². The monoisotopic (exact) mass is 267 g/mol. The van der Waals surface area contributed by atoms with Gasteiger partial charge in [-0.3, -0.25) is 0 Å². The molecule has 0 saturated heterocycles. The molecular weight excluding hydrogens is 254 g/mol. The molecule has 0 amide bonds. The number of hydrogen-bond donors (Lipinski definition) is 0. The predicted octanol–water partition coefficient (Wildman–Crippen LogP) is 3.50. The molecule has 0 N–H and O–H groups in total. The van der Waals surface area contributed by atoms with Crippen LogP contribution in [0, 0.1) is 6.92 Å². The van der Waals surface area contributed by atoms with Crippen molar-refractivity contribution in [3.05, 3.63) is 65.2 Å². The molecular formula is C15H13N3S. The van der Waals surface area contributed by atoms with E-state index in [1.807, 2.05) is 31.2 Å². The number of thiazole rings is 1. The van der Waals surface area contributed by atoms with E-state index in [2.05, 4.69) is 27.1 Å². The van der Waals surface area contributed by atoms with Gasteiger partial charge in [-0.1, -0.05) is 30.3 Å². The molecule has 1 aromatic carbocycles. The topological polar surface area (TPSA) is 38.7 Å². The van der Waals surface area contributed by atoms with Crippen LogP contribution in [-0.2, 0) is 6.42 Å². The molecule has 0 fully saturated rings. The van der Waals surface area contributed by atoms with Gasteiger partial charge in [0.1, 0.15) is 10.8 Å². The molecule has 94 valence electrons. The highest BCUT2D eigenvalue weighted by Crippen LogP contribution is 2.28. The summed E-state index contributed by atoms with van der Waals surface area (Å²) in [5, 5.41) is 1.06. The Labute approximate surface area is 116 Å². The van der Waals surface area contributed by atoms with E-state index >= 15 is 0 Å². The number of hydrogen-bond acceptors (Lipinski definition) is 4. The van der Waals surface area contributed by atoms with Gasteiger partial charge in [-0.15, -0.1) is 11.3 Å². The van der Waals surface area contributed by atoms with Gasteiger partial charge in [0.05, 0.1) is 5.69 Å². The zero-order valence-electron chi connectivity index (χ0n) is 10.6. The summed E-state index contributed by atoms with van der Waals surface area (Å²) in [6.07, 6.45) is 4.30. The fraction of sp³-hybridized carbons (Fsp3) is 0.133. The minimum absolute atomic E-state index is 0.747. The van der Waals surface area contributed by atoms with Crippen LogP contribution in [0.5, 0.6) is 0 Å². The van der Waals surface area contributed by atoms with Crippen molar-refractivity contribution in [2.45, 2.75) is 13.3 Å². The Kier molecular flexibility index (Phi) is 3.33.